The molecule has 280 valence electrons. The number of hydrogen-bond acceptors (Lipinski definition) is 2. The largest absolute Gasteiger partial charge is 0.310 e. The molecule has 0 bridgehead atoms. The molecule has 0 unspecified atom stereocenters. The fourth-order valence-electron chi connectivity index (χ4n) is 9.60. The van der Waals surface area contributed by atoms with E-state index in [1.54, 1.807) is 0 Å². The first-order valence-corrected chi connectivity index (χ1v) is 21.2. The molecule has 1 aliphatic carbocycles. The molecule has 0 spiro atoms. The van der Waals surface area contributed by atoms with E-state index < -0.39 is 0 Å². The predicted octanol–water partition coefficient (Wildman–Crippen LogP) is 16.5. The zero-order chi connectivity index (χ0) is 39.5. The molecule has 0 atom stereocenters. The Kier molecular flexibility index (Phi) is 8.43. The van der Waals surface area contributed by atoms with Gasteiger partial charge >= 0.3 is 0 Å². The van der Waals surface area contributed by atoms with Gasteiger partial charge in [0.15, 0.2) is 0 Å². The zero-order valence-electron chi connectivity index (χ0n) is 33.1. The molecule has 0 N–H and O–H groups in total. The van der Waals surface area contributed by atoms with Gasteiger partial charge in [-0.2, -0.15) is 0 Å². The molecular weight excluding hydrogens is 731 g/mol. The van der Waals surface area contributed by atoms with Crippen molar-refractivity contribution >= 4 is 48.6 Å². The fourth-order valence-corrected chi connectivity index (χ4v) is 10.7. The Labute approximate surface area is 350 Å². The van der Waals surface area contributed by atoms with E-state index in [0.29, 0.717) is 0 Å². The van der Waals surface area contributed by atoms with Crippen LogP contribution in [0.25, 0.3) is 75.8 Å². The number of anilines is 3. The summed E-state index contributed by atoms with van der Waals surface area (Å²) in [6.07, 6.45) is 0. The minimum absolute atomic E-state index is 0.105. The third-order valence-electron chi connectivity index (χ3n) is 12.3. The lowest BCUT2D eigenvalue weighted by molar-refractivity contribution is 0.662. The Morgan fingerprint density at radius 3 is 1.69 bits per heavy atom. The summed E-state index contributed by atoms with van der Waals surface area (Å²) in [6, 6.07) is 78.1. The molecule has 0 amide bonds. The first-order valence-electron chi connectivity index (χ1n) is 20.4. The Morgan fingerprint density at radius 1 is 0.373 bits per heavy atom. The van der Waals surface area contributed by atoms with Crippen molar-refractivity contribution in [2.24, 2.45) is 0 Å². The molecule has 11 rings (SSSR count). The van der Waals surface area contributed by atoms with Crippen molar-refractivity contribution in [3.63, 3.8) is 0 Å². The molecule has 1 nitrogen and oxygen atoms in total. The summed E-state index contributed by atoms with van der Waals surface area (Å²) in [6.45, 7) is 4.74. The van der Waals surface area contributed by atoms with Crippen LogP contribution in [-0.2, 0) is 5.41 Å². The number of benzene rings is 9. The van der Waals surface area contributed by atoms with Crippen molar-refractivity contribution in [1.82, 2.24) is 0 Å². The van der Waals surface area contributed by atoms with Gasteiger partial charge in [0.05, 0.1) is 5.69 Å². The molecule has 2 heteroatoms. The van der Waals surface area contributed by atoms with Crippen molar-refractivity contribution in [1.29, 1.82) is 0 Å². The summed E-state index contributed by atoms with van der Waals surface area (Å²) < 4.78 is 2.58. The molecule has 10 aromatic rings. The number of fused-ring (bicyclic) bond motifs is 6. The van der Waals surface area contributed by atoms with E-state index in [9.17, 15) is 0 Å². The van der Waals surface area contributed by atoms with Gasteiger partial charge in [-0.25, -0.2) is 0 Å². The monoisotopic (exact) mass is 771 g/mol. The smallest absolute Gasteiger partial charge is 0.0546 e. The van der Waals surface area contributed by atoms with Gasteiger partial charge in [0, 0.05) is 42.5 Å². The van der Waals surface area contributed by atoms with Gasteiger partial charge in [0.1, 0.15) is 0 Å². The SMILES string of the molecule is CC1(C)c2ccccc2-c2cccc(-c3ccc(N(c4ccc5c(c4)sc4ccccc45)c4cccc(-c5ccccc5)c4-c4ccccc4-c4ccccc4)cc3)c21. The summed E-state index contributed by atoms with van der Waals surface area (Å²) in [5.74, 6) is 0. The van der Waals surface area contributed by atoms with Gasteiger partial charge in [-0.15, -0.1) is 11.3 Å². The van der Waals surface area contributed by atoms with Crippen LogP contribution in [0.3, 0.4) is 0 Å². The van der Waals surface area contributed by atoms with Crippen molar-refractivity contribution in [2.75, 3.05) is 4.90 Å². The molecule has 0 fully saturated rings. The lowest BCUT2D eigenvalue weighted by Gasteiger charge is -2.30. The quantitative estimate of drug-likeness (QED) is 0.156. The van der Waals surface area contributed by atoms with Crippen molar-refractivity contribution in [2.45, 2.75) is 19.3 Å². The molecule has 9 aromatic carbocycles. The minimum atomic E-state index is -0.105. The Balaban J connectivity index is 1.15. The third kappa shape index (κ3) is 5.82. The second kappa shape index (κ2) is 14.1. The second-order valence-corrected chi connectivity index (χ2v) is 17.1. The first-order chi connectivity index (χ1) is 29.0. The average Bonchev–Trinajstić information content (AvgIpc) is 3.78. The van der Waals surface area contributed by atoms with Crippen LogP contribution in [-0.4, -0.2) is 0 Å². The Morgan fingerprint density at radius 2 is 0.915 bits per heavy atom. The average molecular weight is 772 g/mol. The number of nitrogens with zero attached hydrogens (tertiary/aromatic N) is 1. The molecule has 1 aliphatic rings. The van der Waals surface area contributed by atoms with Gasteiger partial charge in [-0.05, 0) is 97.6 Å². The lowest BCUT2D eigenvalue weighted by Crippen LogP contribution is -2.16. The minimum Gasteiger partial charge on any atom is -0.310 e. The van der Waals surface area contributed by atoms with Crippen LogP contribution >= 0.6 is 11.3 Å². The van der Waals surface area contributed by atoms with Crippen molar-refractivity contribution in [3.8, 4) is 55.6 Å². The van der Waals surface area contributed by atoms with Gasteiger partial charge in [0.2, 0.25) is 0 Å². The zero-order valence-corrected chi connectivity index (χ0v) is 33.9. The highest BCUT2D eigenvalue weighted by molar-refractivity contribution is 7.25. The van der Waals surface area contributed by atoms with E-state index in [1.165, 1.54) is 86.9 Å². The predicted molar refractivity (Wildman–Crippen MR) is 253 cm³/mol. The number of rotatable bonds is 7. The van der Waals surface area contributed by atoms with Crippen molar-refractivity contribution in [3.05, 3.63) is 223 Å². The molecule has 1 aromatic heterocycles. The Bertz CT molecular complexity index is 3170. The number of thiophene rings is 1. The summed E-state index contributed by atoms with van der Waals surface area (Å²) in [7, 11) is 0. The van der Waals surface area contributed by atoms with Crippen LogP contribution in [0.15, 0.2) is 212 Å². The van der Waals surface area contributed by atoms with E-state index in [2.05, 4.69) is 231 Å². The maximum atomic E-state index is 2.48. The van der Waals surface area contributed by atoms with Crippen LogP contribution in [0.4, 0.5) is 17.1 Å². The fraction of sp³-hybridized carbons (Fsp3) is 0.0526. The van der Waals surface area contributed by atoms with E-state index in [1.807, 2.05) is 11.3 Å². The second-order valence-electron chi connectivity index (χ2n) is 16.0. The summed E-state index contributed by atoms with van der Waals surface area (Å²) in [5.41, 5.74) is 18.4. The van der Waals surface area contributed by atoms with Crippen LogP contribution < -0.4 is 4.90 Å². The lowest BCUT2D eigenvalue weighted by atomic mass is 9.79. The molecular formula is C57H41NS. The molecule has 59 heavy (non-hydrogen) atoms. The van der Waals surface area contributed by atoms with E-state index >= 15 is 0 Å². The van der Waals surface area contributed by atoms with Crippen LogP contribution in [0, 0.1) is 0 Å². The third-order valence-corrected chi connectivity index (χ3v) is 13.4. The maximum Gasteiger partial charge on any atom is 0.0546 e. The van der Waals surface area contributed by atoms with E-state index in [0.717, 1.165) is 17.1 Å². The van der Waals surface area contributed by atoms with Gasteiger partial charge in [0.25, 0.3) is 0 Å². The highest BCUT2D eigenvalue weighted by Gasteiger charge is 2.37. The molecule has 0 radical (unpaired) electrons. The van der Waals surface area contributed by atoms with Gasteiger partial charge in [-0.3, -0.25) is 0 Å². The summed E-state index contributed by atoms with van der Waals surface area (Å²) in [5, 5.41) is 2.60. The van der Waals surface area contributed by atoms with Crippen molar-refractivity contribution < 1.29 is 0 Å². The van der Waals surface area contributed by atoms with E-state index in [4.69, 9.17) is 0 Å². The summed E-state index contributed by atoms with van der Waals surface area (Å²) >= 11 is 1.86. The molecule has 0 saturated heterocycles. The normalized spacial score (nSPS) is 12.7. The molecule has 0 aliphatic heterocycles. The van der Waals surface area contributed by atoms with Crippen LogP contribution in [0.2, 0.25) is 0 Å². The highest BCUT2D eigenvalue weighted by atomic mass is 32.1. The number of hydrogen-bond donors (Lipinski definition) is 0. The van der Waals surface area contributed by atoms with Gasteiger partial charge in [-0.1, -0.05) is 190 Å². The standard InChI is InChI=1S/C57H41NS/c1-57(2)51-28-13-11-22-46(51)50-27-15-26-45(56(50)57)40-31-33-41(34-32-40)58(42-35-36-48-47-23-12-14-30-53(47)59-54(48)37-42)52-29-16-25-44(39-19-7-4-8-20-39)55(52)49-24-10-9-21-43(49)38-17-5-3-6-18-38/h3-37H,1-2H3. The van der Waals surface area contributed by atoms with Crippen LogP contribution in [0.1, 0.15) is 25.0 Å². The van der Waals surface area contributed by atoms with E-state index in [-0.39, 0.29) is 5.41 Å². The topological polar surface area (TPSA) is 3.24 Å². The Hall–Kier alpha value is -7.00. The maximum absolute atomic E-state index is 2.48. The molecule has 1 heterocycles. The van der Waals surface area contributed by atoms with Gasteiger partial charge < -0.3 is 4.90 Å². The first kappa shape index (κ1) is 35.2. The van der Waals surface area contributed by atoms with Crippen LogP contribution in [0.5, 0.6) is 0 Å². The molecule has 0 saturated carbocycles. The summed E-state index contributed by atoms with van der Waals surface area (Å²) in [4.78, 5) is 2.48. The highest BCUT2D eigenvalue weighted by Crippen LogP contribution is 2.53.